The van der Waals surface area contributed by atoms with Gasteiger partial charge in [0.2, 0.25) is 0 Å². The van der Waals surface area contributed by atoms with Crippen LogP contribution in [0.5, 0.6) is 5.75 Å². The molecular weight excluding hydrogens is 348 g/mol. The van der Waals surface area contributed by atoms with Crippen molar-refractivity contribution in [2.75, 3.05) is 25.6 Å². The average molecular weight is 370 g/mol. The first-order chi connectivity index (χ1) is 13.0. The summed E-state index contributed by atoms with van der Waals surface area (Å²) in [5.74, 6) is -0.779. The maximum Gasteiger partial charge on any atom is 0.344 e. The van der Waals surface area contributed by atoms with Crippen molar-refractivity contribution < 1.29 is 23.9 Å². The smallest absolute Gasteiger partial charge is 0.344 e. The number of esters is 1. The van der Waals surface area contributed by atoms with E-state index < -0.39 is 18.5 Å². The molecular formula is C20H22N2O5. The number of ether oxygens (including phenoxy) is 2. The van der Waals surface area contributed by atoms with Gasteiger partial charge >= 0.3 is 5.97 Å². The second-order valence-corrected chi connectivity index (χ2v) is 5.65. The van der Waals surface area contributed by atoms with Crippen molar-refractivity contribution >= 4 is 23.5 Å². The summed E-state index contributed by atoms with van der Waals surface area (Å²) in [5, 5.41) is 5.09. The monoisotopic (exact) mass is 370 g/mol. The molecule has 0 heterocycles. The van der Waals surface area contributed by atoms with Crippen LogP contribution in [0.25, 0.3) is 0 Å². The molecule has 27 heavy (non-hydrogen) atoms. The van der Waals surface area contributed by atoms with Gasteiger partial charge in [-0.1, -0.05) is 19.1 Å². The largest absolute Gasteiger partial charge is 0.482 e. The van der Waals surface area contributed by atoms with Gasteiger partial charge in [0.15, 0.2) is 13.2 Å². The summed E-state index contributed by atoms with van der Waals surface area (Å²) >= 11 is 0. The first-order valence-corrected chi connectivity index (χ1v) is 8.51. The van der Waals surface area contributed by atoms with Crippen LogP contribution in [0.1, 0.15) is 22.8 Å². The molecule has 2 aromatic rings. The van der Waals surface area contributed by atoms with Crippen LogP contribution in [0.4, 0.5) is 5.69 Å². The summed E-state index contributed by atoms with van der Waals surface area (Å²) in [6, 6.07) is 13.7. The van der Waals surface area contributed by atoms with E-state index in [1.165, 1.54) is 12.6 Å². The molecule has 0 saturated heterocycles. The fourth-order valence-corrected chi connectivity index (χ4v) is 2.20. The third-order valence-electron chi connectivity index (χ3n) is 3.71. The fourth-order valence-electron chi connectivity index (χ4n) is 2.20. The van der Waals surface area contributed by atoms with E-state index in [-0.39, 0.29) is 12.5 Å². The predicted octanol–water partition coefficient (Wildman–Crippen LogP) is 2.17. The van der Waals surface area contributed by atoms with Crippen LogP contribution in [0.3, 0.4) is 0 Å². The van der Waals surface area contributed by atoms with E-state index in [1.54, 1.807) is 36.4 Å². The lowest BCUT2D eigenvalue weighted by Gasteiger charge is -2.08. The molecule has 2 amide bonds. The Morgan fingerprint density at radius 2 is 1.59 bits per heavy atom. The Balaban J connectivity index is 1.72. The number of rotatable bonds is 8. The minimum Gasteiger partial charge on any atom is -0.482 e. The van der Waals surface area contributed by atoms with Crippen molar-refractivity contribution in [2.45, 2.75) is 13.3 Å². The number of carbonyl (C=O) groups excluding carboxylic acids is 3. The zero-order valence-electron chi connectivity index (χ0n) is 15.3. The molecule has 0 saturated carbocycles. The molecule has 0 radical (unpaired) electrons. The number of aryl methyl sites for hydroxylation is 1. The minimum absolute atomic E-state index is 0.217. The number of anilines is 1. The van der Waals surface area contributed by atoms with Crippen LogP contribution in [0.2, 0.25) is 0 Å². The van der Waals surface area contributed by atoms with Crippen molar-refractivity contribution in [3.63, 3.8) is 0 Å². The zero-order valence-corrected chi connectivity index (χ0v) is 15.3. The summed E-state index contributed by atoms with van der Waals surface area (Å²) in [6.45, 7) is 1.35. The summed E-state index contributed by atoms with van der Waals surface area (Å²) in [4.78, 5) is 35.0. The fraction of sp³-hybridized carbons (Fsp3) is 0.250. The summed E-state index contributed by atoms with van der Waals surface area (Å²) in [5.41, 5.74) is 2.15. The van der Waals surface area contributed by atoms with Crippen LogP contribution < -0.4 is 15.4 Å². The van der Waals surface area contributed by atoms with Crippen LogP contribution in [-0.2, 0) is 20.7 Å². The van der Waals surface area contributed by atoms with Gasteiger partial charge < -0.3 is 20.1 Å². The number of benzene rings is 2. The molecule has 0 atom stereocenters. The Morgan fingerprint density at radius 1 is 0.926 bits per heavy atom. The van der Waals surface area contributed by atoms with E-state index in [0.717, 1.165) is 6.42 Å². The van der Waals surface area contributed by atoms with Crippen molar-refractivity contribution in [1.82, 2.24) is 5.32 Å². The Labute approximate surface area is 157 Å². The molecule has 0 bridgehead atoms. The Morgan fingerprint density at radius 3 is 2.19 bits per heavy atom. The second kappa shape index (κ2) is 9.96. The standard InChI is InChI=1S/C20H22N2O5/c1-3-14-4-10-17(11-5-14)26-13-19(24)27-12-18(23)22-16-8-6-15(7-9-16)20(25)21-2/h4-11H,3,12-13H2,1-2H3,(H,21,25)(H,22,23). The van der Waals surface area contributed by atoms with Crippen molar-refractivity contribution in [3.05, 3.63) is 59.7 Å². The summed E-state index contributed by atoms with van der Waals surface area (Å²) in [7, 11) is 1.54. The molecule has 0 aromatic heterocycles. The highest BCUT2D eigenvalue weighted by Crippen LogP contribution is 2.12. The van der Waals surface area contributed by atoms with E-state index in [1.807, 2.05) is 12.1 Å². The normalized spacial score (nSPS) is 10.0. The molecule has 0 aliphatic heterocycles. The third kappa shape index (κ3) is 6.47. The van der Waals surface area contributed by atoms with E-state index in [4.69, 9.17) is 9.47 Å². The molecule has 7 heteroatoms. The maximum absolute atomic E-state index is 11.8. The van der Waals surface area contributed by atoms with Crippen molar-refractivity contribution in [1.29, 1.82) is 0 Å². The number of hydrogen-bond donors (Lipinski definition) is 2. The lowest BCUT2D eigenvalue weighted by Crippen LogP contribution is -2.23. The highest BCUT2D eigenvalue weighted by atomic mass is 16.6. The van der Waals surface area contributed by atoms with E-state index in [2.05, 4.69) is 17.6 Å². The van der Waals surface area contributed by atoms with Crippen LogP contribution in [0, 0.1) is 0 Å². The second-order valence-electron chi connectivity index (χ2n) is 5.65. The van der Waals surface area contributed by atoms with Crippen LogP contribution >= 0.6 is 0 Å². The molecule has 7 nitrogen and oxygen atoms in total. The third-order valence-corrected chi connectivity index (χ3v) is 3.71. The van der Waals surface area contributed by atoms with Gasteiger partial charge in [-0.15, -0.1) is 0 Å². The van der Waals surface area contributed by atoms with Gasteiger partial charge in [-0.3, -0.25) is 9.59 Å². The number of nitrogens with one attached hydrogen (secondary N) is 2. The minimum atomic E-state index is -0.639. The highest BCUT2D eigenvalue weighted by molar-refractivity contribution is 5.96. The van der Waals surface area contributed by atoms with Gasteiger partial charge in [0, 0.05) is 18.3 Å². The number of amides is 2. The molecule has 0 unspecified atom stereocenters. The van der Waals surface area contributed by atoms with Gasteiger partial charge in [-0.25, -0.2) is 4.79 Å². The van der Waals surface area contributed by atoms with E-state index in [0.29, 0.717) is 17.0 Å². The number of hydrogen-bond acceptors (Lipinski definition) is 5. The maximum atomic E-state index is 11.8. The van der Waals surface area contributed by atoms with Crippen LogP contribution in [0.15, 0.2) is 48.5 Å². The Kier molecular flexibility index (Phi) is 7.37. The van der Waals surface area contributed by atoms with Gasteiger partial charge in [-0.05, 0) is 48.4 Å². The van der Waals surface area contributed by atoms with Gasteiger partial charge in [-0.2, -0.15) is 0 Å². The lowest BCUT2D eigenvalue weighted by atomic mass is 10.2. The lowest BCUT2D eigenvalue weighted by molar-refractivity contribution is -0.149. The van der Waals surface area contributed by atoms with Gasteiger partial charge in [0.05, 0.1) is 0 Å². The number of carbonyl (C=O) groups is 3. The first-order valence-electron chi connectivity index (χ1n) is 8.51. The zero-order chi connectivity index (χ0) is 19.6. The topological polar surface area (TPSA) is 93.7 Å². The Bertz CT molecular complexity index is 785. The molecule has 2 rings (SSSR count). The average Bonchev–Trinajstić information content (AvgIpc) is 2.71. The van der Waals surface area contributed by atoms with Crippen molar-refractivity contribution in [3.8, 4) is 5.75 Å². The summed E-state index contributed by atoms with van der Waals surface area (Å²) in [6.07, 6.45) is 0.923. The SMILES string of the molecule is CCc1ccc(OCC(=O)OCC(=O)Nc2ccc(C(=O)NC)cc2)cc1. The predicted molar refractivity (Wildman–Crippen MR) is 101 cm³/mol. The van der Waals surface area contributed by atoms with E-state index >= 15 is 0 Å². The van der Waals surface area contributed by atoms with Gasteiger partial charge in [0.25, 0.3) is 11.8 Å². The quantitative estimate of drug-likeness (QED) is 0.695. The first kappa shape index (κ1) is 20.0. The van der Waals surface area contributed by atoms with Gasteiger partial charge in [0.1, 0.15) is 5.75 Å². The van der Waals surface area contributed by atoms with Crippen LogP contribution in [-0.4, -0.2) is 38.0 Å². The molecule has 0 aliphatic carbocycles. The molecule has 0 aliphatic rings. The van der Waals surface area contributed by atoms with Crippen molar-refractivity contribution in [2.24, 2.45) is 0 Å². The molecule has 2 N–H and O–H groups in total. The molecule has 0 fully saturated rings. The molecule has 142 valence electrons. The Hall–Kier alpha value is -3.35. The summed E-state index contributed by atoms with van der Waals surface area (Å²) < 4.78 is 10.2. The highest BCUT2D eigenvalue weighted by Gasteiger charge is 2.09. The van der Waals surface area contributed by atoms with E-state index in [9.17, 15) is 14.4 Å². The molecule has 2 aromatic carbocycles. The molecule has 0 spiro atoms.